The quantitative estimate of drug-likeness (QED) is 0.671. The molecule has 21 heavy (non-hydrogen) atoms. The van der Waals surface area contributed by atoms with Gasteiger partial charge >= 0.3 is 0 Å². The Morgan fingerprint density at radius 2 is 2.00 bits per heavy atom. The fourth-order valence-corrected chi connectivity index (χ4v) is 3.21. The number of halogens is 1. The van der Waals surface area contributed by atoms with Crippen LogP contribution in [0.15, 0.2) is 22.7 Å². The summed E-state index contributed by atoms with van der Waals surface area (Å²) in [7, 11) is 2.18. The van der Waals surface area contributed by atoms with Crippen molar-refractivity contribution in [2.24, 2.45) is 5.92 Å². The molecule has 1 aromatic rings. The summed E-state index contributed by atoms with van der Waals surface area (Å²) >= 11 is 5.63. The topological polar surface area (TPSA) is 15.3 Å². The highest BCUT2D eigenvalue weighted by atomic mass is 79.9. The van der Waals surface area contributed by atoms with Crippen molar-refractivity contribution >= 4 is 33.4 Å². The largest absolute Gasteiger partial charge is 0.372 e. The highest BCUT2D eigenvalue weighted by Gasteiger charge is 2.11. The Labute approximate surface area is 143 Å². The van der Waals surface area contributed by atoms with Gasteiger partial charge in [0.2, 0.25) is 0 Å². The molecule has 4 heteroatoms. The van der Waals surface area contributed by atoms with E-state index in [1.165, 1.54) is 27.9 Å². The van der Waals surface area contributed by atoms with Crippen molar-refractivity contribution in [3.8, 4) is 0 Å². The van der Waals surface area contributed by atoms with E-state index in [0.29, 0.717) is 12.0 Å². The Bertz CT molecular complexity index is 423. The van der Waals surface area contributed by atoms with Crippen LogP contribution >= 0.6 is 27.7 Å². The number of thioether (sulfide) groups is 1. The van der Waals surface area contributed by atoms with Gasteiger partial charge in [0.25, 0.3) is 0 Å². The lowest BCUT2D eigenvalue weighted by Crippen LogP contribution is -2.29. The van der Waals surface area contributed by atoms with Gasteiger partial charge in [0.05, 0.1) is 0 Å². The molecule has 2 nitrogen and oxygen atoms in total. The third kappa shape index (κ3) is 6.62. The van der Waals surface area contributed by atoms with Crippen LogP contribution in [0, 0.1) is 5.92 Å². The number of anilines is 1. The zero-order chi connectivity index (χ0) is 15.8. The van der Waals surface area contributed by atoms with Crippen molar-refractivity contribution in [3.05, 3.63) is 28.2 Å². The van der Waals surface area contributed by atoms with Gasteiger partial charge in [-0.05, 0) is 55.5 Å². The SMILES string of the molecule is CSCCC(C)N(C)c1ccc(CNCC(C)C)c(Br)c1. The van der Waals surface area contributed by atoms with Crippen LogP contribution in [0.1, 0.15) is 32.8 Å². The Hall–Kier alpha value is -0.190. The van der Waals surface area contributed by atoms with Crippen molar-refractivity contribution in [3.63, 3.8) is 0 Å². The minimum absolute atomic E-state index is 0.564. The van der Waals surface area contributed by atoms with Gasteiger partial charge in [0.1, 0.15) is 0 Å². The van der Waals surface area contributed by atoms with Gasteiger partial charge in [-0.3, -0.25) is 0 Å². The van der Waals surface area contributed by atoms with Gasteiger partial charge in [-0.2, -0.15) is 11.8 Å². The van der Waals surface area contributed by atoms with Crippen LogP contribution in [0.4, 0.5) is 5.69 Å². The Morgan fingerprint density at radius 1 is 1.29 bits per heavy atom. The number of hydrogen-bond acceptors (Lipinski definition) is 3. The molecular formula is C17H29BrN2S. The molecule has 0 aliphatic rings. The van der Waals surface area contributed by atoms with Crippen LogP contribution in [0.25, 0.3) is 0 Å². The van der Waals surface area contributed by atoms with E-state index in [-0.39, 0.29) is 0 Å². The van der Waals surface area contributed by atoms with Crippen LogP contribution in [0.3, 0.4) is 0 Å². The standard InChI is InChI=1S/C17H29BrN2S/c1-13(2)11-19-12-15-6-7-16(10-17(15)18)20(4)14(3)8-9-21-5/h6-7,10,13-14,19H,8-9,11-12H2,1-5H3. The maximum Gasteiger partial charge on any atom is 0.0377 e. The van der Waals surface area contributed by atoms with Crippen molar-refractivity contribution < 1.29 is 0 Å². The predicted octanol–water partition coefficient (Wildman–Crippen LogP) is 4.77. The molecule has 0 saturated heterocycles. The lowest BCUT2D eigenvalue weighted by atomic mass is 10.1. The first-order chi connectivity index (χ1) is 9.95. The molecule has 0 heterocycles. The van der Waals surface area contributed by atoms with E-state index >= 15 is 0 Å². The second-order valence-electron chi connectivity index (χ2n) is 6.04. The molecule has 0 aromatic heterocycles. The Kier molecular flexibility index (Phi) is 8.76. The summed E-state index contributed by atoms with van der Waals surface area (Å²) < 4.78 is 1.19. The molecule has 0 saturated carbocycles. The third-order valence-corrected chi connectivity index (χ3v) is 5.10. The first-order valence-electron chi connectivity index (χ1n) is 7.66. The monoisotopic (exact) mass is 372 g/mol. The Balaban J connectivity index is 2.63. The van der Waals surface area contributed by atoms with E-state index in [0.717, 1.165) is 13.1 Å². The van der Waals surface area contributed by atoms with E-state index in [9.17, 15) is 0 Å². The maximum absolute atomic E-state index is 3.71. The predicted molar refractivity (Wildman–Crippen MR) is 102 cm³/mol. The fourth-order valence-electron chi connectivity index (χ4n) is 2.13. The molecule has 1 N–H and O–H groups in total. The van der Waals surface area contributed by atoms with Gasteiger partial charge in [-0.15, -0.1) is 0 Å². The minimum atomic E-state index is 0.564. The van der Waals surface area contributed by atoms with Crippen LogP contribution in [-0.4, -0.2) is 31.6 Å². The van der Waals surface area contributed by atoms with Gasteiger partial charge in [-0.25, -0.2) is 0 Å². The van der Waals surface area contributed by atoms with Gasteiger partial charge in [0, 0.05) is 29.8 Å². The Morgan fingerprint density at radius 3 is 2.57 bits per heavy atom. The summed E-state index contributed by atoms with van der Waals surface area (Å²) in [4.78, 5) is 2.37. The zero-order valence-electron chi connectivity index (χ0n) is 13.9. The van der Waals surface area contributed by atoms with E-state index in [4.69, 9.17) is 0 Å². The van der Waals surface area contributed by atoms with E-state index in [2.05, 4.69) is 78.4 Å². The minimum Gasteiger partial charge on any atom is -0.372 e. The molecule has 0 fully saturated rings. The maximum atomic E-state index is 3.71. The summed E-state index contributed by atoms with van der Waals surface area (Å²) in [6, 6.07) is 7.26. The van der Waals surface area contributed by atoms with Crippen LogP contribution in [-0.2, 0) is 6.54 Å². The molecule has 0 spiro atoms. The first kappa shape index (κ1) is 18.9. The van der Waals surface area contributed by atoms with Crippen LogP contribution in [0.2, 0.25) is 0 Å². The summed E-state index contributed by atoms with van der Waals surface area (Å²) in [5.74, 6) is 1.90. The summed E-state index contributed by atoms with van der Waals surface area (Å²) in [5.41, 5.74) is 2.60. The molecular weight excluding hydrogens is 344 g/mol. The second kappa shape index (κ2) is 9.75. The first-order valence-corrected chi connectivity index (χ1v) is 9.85. The molecule has 0 amide bonds. The molecule has 1 unspecified atom stereocenters. The van der Waals surface area contributed by atoms with Gasteiger partial charge in [0.15, 0.2) is 0 Å². The van der Waals surface area contributed by atoms with E-state index in [1.54, 1.807) is 0 Å². The average Bonchev–Trinajstić information content (AvgIpc) is 2.45. The normalized spacial score (nSPS) is 12.7. The fraction of sp³-hybridized carbons (Fsp3) is 0.647. The van der Waals surface area contributed by atoms with Crippen molar-refractivity contribution in [1.29, 1.82) is 0 Å². The van der Waals surface area contributed by atoms with Gasteiger partial charge in [-0.1, -0.05) is 35.8 Å². The number of benzene rings is 1. The molecule has 1 rings (SSSR count). The van der Waals surface area contributed by atoms with Crippen molar-refractivity contribution in [2.45, 2.75) is 39.8 Å². The zero-order valence-corrected chi connectivity index (χ0v) is 16.4. The van der Waals surface area contributed by atoms with Crippen molar-refractivity contribution in [1.82, 2.24) is 5.32 Å². The molecule has 120 valence electrons. The number of nitrogens with zero attached hydrogens (tertiary/aromatic N) is 1. The second-order valence-corrected chi connectivity index (χ2v) is 7.88. The number of hydrogen-bond donors (Lipinski definition) is 1. The summed E-state index contributed by atoms with van der Waals surface area (Å²) in [5, 5.41) is 3.49. The molecule has 0 aliphatic heterocycles. The van der Waals surface area contributed by atoms with E-state index in [1.807, 2.05) is 11.8 Å². The molecule has 1 aromatic carbocycles. The molecule has 1 atom stereocenters. The molecule has 0 bridgehead atoms. The number of nitrogens with one attached hydrogen (secondary N) is 1. The van der Waals surface area contributed by atoms with Crippen molar-refractivity contribution in [2.75, 3.05) is 30.5 Å². The average molecular weight is 373 g/mol. The summed E-state index contributed by atoms with van der Waals surface area (Å²) in [6.07, 6.45) is 3.38. The lowest BCUT2D eigenvalue weighted by Gasteiger charge is -2.27. The smallest absolute Gasteiger partial charge is 0.0377 e. The highest BCUT2D eigenvalue weighted by molar-refractivity contribution is 9.10. The third-order valence-electron chi connectivity index (χ3n) is 3.71. The lowest BCUT2D eigenvalue weighted by molar-refractivity contribution is 0.552. The molecule has 0 aliphatic carbocycles. The number of rotatable bonds is 9. The van der Waals surface area contributed by atoms with Crippen LogP contribution < -0.4 is 10.2 Å². The summed E-state index contributed by atoms with van der Waals surface area (Å²) in [6.45, 7) is 8.74. The van der Waals surface area contributed by atoms with E-state index < -0.39 is 0 Å². The van der Waals surface area contributed by atoms with Gasteiger partial charge < -0.3 is 10.2 Å². The highest BCUT2D eigenvalue weighted by Crippen LogP contribution is 2.25. The molecule has 0 radical (unpaired) electrons. The van der Waals surface area contributed by atoms with Crippen LogP contribution in [0.5, 0.6) is 0 Å².